The maximum Gasteiger partial charge on any atom is 0.268 e. The summed E-state index contributed by atoms with van der Waals surface area (Å²) in [5.74, 6) is 0.0803. The van der Waals surface area contributed by atoms with E-state index < -0.39 is 27.2 Å². The molecule has 0 aromatic rings. The van der Waals surface area contributed by atoms with Crippen molar-refractivity contribution < 1.29 is 27.2 Å². The summed E-state index contributed by atoms with van der Waals surface area (Å²) < 4.78 is 35.9. The Balaban J connectivity index is 1.53. The molecule has 4 fully saturated rings. The minimum Gasteiger partial charge on any atom is -0.387 e. The third kappa shape index (κ3) is 2.09. The number of hydrogen-bond acceptors (Lipinski definition) is 6. The van der Waals surface area contributed by atoms with Gasteiger partial charge >= 0.3 is 0 Å². The van der Waals surface area contributed by atoms with Gasteiger partial charge in [-0.2, -0.15) is 8.42 Å². The van der Waals surface area contributed by atoms with Crippen LogP contribution in [0.15, 0.2) is 0 Å². The van der Waals surface area contributed by atoms with Crippen LogP contribution in [0.25, 0.3) is 0 Å². The highest BCUT2D eigenvalue weighted by Gasteiger charge is 2.67. The molecular formula is C16H24O6S. The quantitative estimate of drug-likeness (QED) is 0.604. The summed E-state index contributed by atoms with van der Waals surface area (Å²) in [6.45, 7) is 5.65. The minimum absolute atomic E-state index is 0.0601. The standard InChI is InChI=1S/C16H24O6S/c1-14(2)9-4-5-16(14,11(17)6-9)8-23(19,20)22-10-7-15(3,18)13-12(10)21-13/h9-10,12-13,18H,4-8H2,1-3H3/t9-,10+,12+,13+,15-,16-/m1/s1. The van der Waals surface area contributed by atoms with Crippen molar-refractivity contribution in [2.24, 2.45) is 16.7 Å². The second-order valence-corrected chi connectivity index (χ2v) is 10.2. The lowest BCUT2D eigenvalue weighted by atomic mass is 9.70. The molecule has 6 nitrogen and oxygen atoms in total. The van der Waals surface area contributed by atoms with Crippen molar-refractivity contribution in [3.8, 4) is 0 Å². The van der Waals surface area contributed by atoms with E-state index in [-0.39, 0.29) is 41.5 Å². The molecule has 6 atom stereocenters. The van der Waals surface area contributed by atoms with Crippen LogP contribution in [0.2, 0.25) is 0 Å². The summed E-state index contributed by atoms with van der Waals surface area (Å²) >= 11 is 0. The molecule has 130 valence electrons. The van der Waals surface area contributed by atoms with Crippen LogP contribution in [0.5, 0.6) is 0 Å². The van der Waals surface area contributed by atoms with Crippen molar-refractivity contribution in [1.82, 2.24) is 0 Å². The number of aliphatic hydroxyl groups is 1. The van der Waals surface area contributed by atoms with Crippen molar-refractivity contribution in [3.63, 3.8) is 0 Å². The zero-order valence-corrected chi connectivity index (χ0v) is 14.6. The van der Waals surface area contributed by atoms with Gasteiger partial charge in [0.2, 0.25) is 0 Å². The van der Waals surface area contributed by atoms with Crippen LogP contribution in [-0.4, -0.2) is 49.0 Å². The van der Waals surface area contributed by atoms with Gasteiger partial charge in [0.25, 0.3) is 10.1 Å². The van der Waals surface area contributed by atoms with Gasteiger partial charge in [-0.1, -0.05) is 13.8 Å². The van der Waals surface area contributed by atoms with Crippen LogP contribution in [0, 0.1) is 16.7 Å². The fourth-order valence-corrected chi connectivity index (χ4v) is 7.17. The molecule has 1 aliphatic heterocycles. The molecule has 1 N–H and O–H groups in total. The van der Waals surface area contributed by atoms with Crippen LogP contribution in [0.3, 0.4) is 0 Å². The average Bonchev–Trinajstić information content (AvgIpc) is 3.08. The molecule has 3 saturated carbocycles. The van der Waals surface area contributed by atoms with Crippen LogP contribution in [0.1, 0.15) is 46.5 Å². The summed E-state index contributed by atoms with van der Waals surface area (Å²) in [4.78, 5) is 12.5. The van der Waals surface area contributed by atoms with E-state index in [9.17, 15) is 18.3 Å². The SMILES string of the molecule is CC1(C)[C@@H]2CC[C@@]1(CS(=O)(=O)O[C@H]1C[C@@](C)(O)[C@H]3O[C@@H]13)C(=O)C2. The fourth-order valence-electron chi connectivity index (χ4n) is 5.27. The normalized spacial score (nSPS) is 50.3. The minimum atomic E-state index is -3.86. The first-order valence-electron chi connectivity index (χ1n) is 8.31. The fraction of sp³-hybridized carbons (Fsp3) is 0.938. The molecule has 1 heterocycles. The number of ether oxygens (including phenoxy) is 1. The van der Waals surface area contributed by atoms with E-state index in [2.05, 4.69) is 0 Å². The highest BCUT2D eigenvalue weighted by atomic mass is 32.2. The molecular weight excluding hydrogens is 320 g/mol. The molecule has 4 aliphatic rings. The Morgan fingerprint density at radius 2 is 2.04 bits per heavy atom. The van der Waals surface area contributed by atoms with Crippen molar-refractivity contribution >= 4 is 15.9 Å². The first kappa shape index (κ1) is 16.0. The summed E-state index contributed by atoms with van der Waals surface area (Å²) in [5.41, 5.74) is -2.16. The van der Waals surface area contributed by atoms with Crippen molar-refractivity contribution in [3.05, 3.63) is 0 Å². The predicted octanol–water partition coefficient (Wildman–Crippen LogP) is 1.02. The molecule has 0 unspecified atom stereocenters. The van der Waals surface area contributed by atoms with Crippen LogP contribution in [0.4, 0.5) is 0 Å². The Bertz CT molecular complexity index is 666. The van der Waals surface area contributed by atoms with Gasteiger partial charge in [-0.25, -0.2) is 0 Å². The number of epoxide rings is 1. The Morgan fingerprint density at radius 3 is 2.48 bits per heavy atom. The highest BCUT2D eigenvalue weighted by molar-refractivity contribution is 7.86. The smallest absolute Gasteiger partial charge is 0.268 e. The Kier molecular flexibility index (Phi) is 3.04. The molecule has 2 bridgehead atoms. The topological polar surface area (TPSA) is 93.2 Å². The molecule has 4 rings (SSSR count). The van der Waals surface area contributed by atoms with E-state index in [4.69, 9.17) is 8.92 Å². The highest BCUT2D eigenvalue weighted by Crippen LogP contribution is 2.64. The molecule has 0 amide bonds. The Morgan fingerprint density at radius 1 is 1.35 bits per heavy atom. The Hall–Kier alpha value is -0.500. The van der Waals surface area contributed by atoms with Crippen molar-refractivity contribution in [1.29, 1.82) is 0 Å². The zero-order valence-electron chi connectivity index (χ0n) is 13.7. The Labute approximate surface area is 136 Å². The monoisotopic (exact) mass is 344 g/mol. The van der Waals surface area contributed by atoms with E-state index in [1.165, 1.54) is 0 Å². The van der Waals surface area contributed by atoms with E-state index in [0.29, 0.717) is 12.8 Å². The number of fused-ring (bicyclic) bond motifs is 3. The number of carbonyl (C=O) groups excluding carboxylic acids is 1. The van der Waals surface area contributed by atoms with Gasteiger partial charge in [0.15, 0.2) is 0 Å². The molecule has 3 aliphatic carbocycles. The van der Waals surface area contributed by atoms with E-state index in [0.717, 1.165) is 6.42 Å². The number of Topliss-reactive ketones (excluding diaryl/α,β-unsaturated/α-hetero) is 1. The van der Waals surface area contributed by atoms with Crippen LogP contribution < -0.4 is 0 Å². The average molecular weight is 344 g/mol. The lowest BCUT2D eigenvalue weighted by Gasteiger charge is -2.36. The second-order valence-electron chi connectivity index (χ2n) is 8.59. The van der Waals surface area contributed by atoms with Gasteiger partial charge in [0, 0.05) is 12.8 Å². The third-order valence-electron chi connectivity index (χ3n) is 6.95. The van der Waals surface area contributed by atoms with Gasteiger partial charge in [0.05, 0.1) is 16.8 Å². The number of carbonyl (C=O) groups is 1. The summed E-state index contributed by atoms with van der Waals surface area (Å²) in [6.07, 6.45) is 0.927. The van der Waals surface area contributed by atoms with Gasteiger partial charge in [-0.3, -0.25) is 8.98 Å². The van der Waals surface area contributed by atoms with Crippen molar-refractivity contribution in [2.45, 2.75) is 70.4 Å². The van der Waals surface area contributed by atoms with Gasteiger partial charge in [-0.15, -0.1) is 0 Å². The lowest BCUT2D eigenvalue weighted by Crippen LogP contribution is -2.43. The second kappa shape index (κ2) is 4.36. The molecule has 23 heavy (non-hydrogen) atoms. The maximum atomic E-state index is 12.6. The first-order valence-corrected chi connectivity index (χ1v) is 9.88. The third-order valence-corrected chi connectivity index (χ3v) is 8.34. The van der Waals surface area contributed by atoms with E-state index >= 15 is 0 Å². The predicted molar refractivity (Wildman–Crippen MR) is 81.1 cm³/mol. The largest absolute Gasteiger partial charge is 0.387 e. The number of rotatable bonds is 4. The number of ketones is 1. The van der Waals surface area contributed by atoms with Gasteiger partial charge in [-0.05, 0) is 31.1 Å². The molecule has 0 aromatic heterocycles. The van der Waals surface area contributed by atoms with Crippen molar-refractivity contribution in [2.75, 3.05) is 5.75 Å². The van der Waals surface area contributed by atoms with E-state index in [1.54, 1.807) is 6.92 Å². The van der Waals surface area contributed by atoms with E-state index in [1.807, 2.05) is 13.8 Å². The molecule has 0 radical (unpaired) electrons. The van der Waals surface area contributed by atoms with Crippen LogP contribution >= 0.6 is 0 Å². The van der Waals surface area contributed by atoms with Gasteiger partial charge in [0.1, 0.15) is 24.1 Å². The molecule has 7 heteroatoms. The van der Waals surface area contributed by atoms with Gasteiger partial charge < -0.3 is 9.84 Å². The molecule has 0 aromatic carbocycles. The maximum absolute atomic E-state index is 12.6. The lowest BCUT2D eigenvalue weighted by molar-refractivity contribution is -0.128. The molecule has 1 saturated heterocycles. The number of hydrogen-bond donors (Lipinski definition) is 1. The summed E-state index contributed by atoms with van der Waals surface area (Å²) in [7, 11) is -3.86. The first-order chi connectivity index (χ1) is 10.5. The molecule has 0 spiro atoms. The summed E-state index contributed by atoms with van der Waals surface area (Å²) in [6, 6.07) is 0. The zero-order chi connectivity index (χ0) is 16.8. The summed E-state index contributed by atoms with van der Waals surface area (Å²) in [5, 5.41) is 10.1. The van der Waals surface area contributed by atoms with Crippen LogP contribution in [-0.2, 0) is 23.8 Å².